The van der Waals surface area contributed by atoms with Crippen molar-refractivity contribution in [2.24, 2.45) is 0 Å². The van der Waals surface area contributed by atoms with E-state index in [9.17, 15) is 4.79 Å². The molecule has 1 unspecified atom stereocenters. The standard InChI is InChI=1S/C16H19NO2/c1-11(2)17-16(18)12(3)19-15-10-6-8-13-7-4-5-9-14(13)15/h4-12H,1-3H3,(H,17,18). The Bertz CT molecular complexity index is 572. The van der Waals surface area contributed by atoms with Gasteiger partial charge in [-0.1, -0.05) is 36.4 Å². The summed E-state index contributed by atoms with van der Waals surface area (Å²) in [6.45, 7) is 5.63. The van der Waals surface area contributed by atoms with Gasteiger partial charge >= 0.3 is 0 Å². The maximum Gasteiger partial charge on any atom is 0.260 e. The average molecular weight is 257 g/mol. The van der Waals surface area contributed by atoms with Crippen molar-refractivity contribution >= 4 is 16.7 Å². The van der Waals surface area contributed by atoms with Crippen LogP contribution in [0.25, 0.3) is 10.8 Å². The van der Waals surface area contributed by atoms with Gasteiger partial charge in [-0.3, -0.25) is 4.79 Å². The molecule has 0 radical (unpaired) electrons. The molecule has 0 saturated heterocycles. The molecular weight excluding hydrogens is 238 g/mol. The minimum Gasteiger partial charge on any atom is -0.480 e. The average Bonchev–Trinajstić information content (AvgIpc) is 2.38. The van der Waals surface area contributed by atoms with Crippen LogP contribution in [0.2, 0.25) is 0 Å². The molecule has 3 nitrogen and oxygen atoms in total. The number of amides is 1. The zero-order valence-corrected chi connectivity index (χ0v) is 11.5. The summed E-state index contributed by atoms with van der Waals surface area (Å²) in [5, 5.41) is 4.98. The number of hydrogen-bond acceptors (Lipinski definition) is 2. The molecule has 0 aromatic heterocycles. The van der Waals surface area contributed by atoms with Gasteiger partial charge < -0.3 is 10.1 Å². The zero-order chi connectivity index (χ0) is 13.8. The van der Waals surface area contributed by atoms with E-state index in [1.165, 1.54) is 0 Å². The Morgan fingerprint density at radius 2 is 1.74 bits per heavy atom. The molecule has 3 heteroatoms. The van der Waals surface area contributed by atoms with Gasteiger partial charge in [0.2, 0.25) is 0 Å². The van der Waals surface area contributed by atoms with E-state index in [1.54, 1.807) is 6.92 Å². The van der Waals surface area contributed by atoms with Crippen LogP contribution in [0, 0.1) is 0 Å². The second kappa shape index (κ2) is 5.74. The Kier molecular flexibility index (Phi) is 4.05. The molecule has 100 valence electrons. The lowest BCUT2D eigenvalue weighted by molar-refractivity contribution is -0.127. The summed E-state index contributed by atoms with van der Waals surface area (Å²) < 4.78 is 5.78. The third-order valence-corrected chi connectivity index (χ3v) is 2.85. The van der Waals surface area contributed by atoms with Crippen LogP contribution in [-0.2, 0) is 4.79 Å². The van der Waals surface area contributed by atoms with Crippen molar-refractivity contribution < 1.29 is 9.53 Å². The monoisotopic (exact) mass is 257 g/mol. The van der Waals surface area contributed by atoms with Crippen molar-refractivity contribution in [3.63, 3.8) is 0 Å². The van der Waals surface area contributed by atoms with Gasteiger partial charge in [-0.25, -0.2) is 0 Å². The van der Waals surface area contributed by atoms with Crippen LogP contribution in [0.4, 0.5) is 0 Å². The van der Waals surface area contributed by atoms with E-state index in [-0.39, 0.29) is 11.9 Å². The van der Waals surface area contributed by atoms with E-state index in [1.807, 2.05) is 56.3 Å². The summed E-state index contributed by atoms with van der Waals surface area (Å²) in [7, 11) is 0. The summed E-state index contributed by atoms with van der Waals surface area (Å²) in [4.78, 5) is 11.9. The van der Waals surface area contributed by atoms with Gasteiger partial charge in [0, 0.05) is 11.4 Å². The number of fused-ring (bicyclic) bond motifs is 1. The first-order valence-electron chi connectivity index (χ1n) is 6.52. The first kappa shape index (κ1) is 13.4. The van der Waals surface area contributed by atoms with Crippen LogP contribution >= 0.6 is 0 Å². The van der Waals surface area contributed by atoms with Gasteiger partial charge in [-0.15, -0.1) is 0 Å². The molecule has 0 saturated carbocycles. The highest BCUT2D eigenvalue weighted by molar-refractivity contribution is 5.89. The van der Waals surface area contributed by atoms with Gasteiger partial charge in [0.1, 0.15) is 5.75 Å². The van der Waals surface area contributed by atoms with Crippen molar-refractivity contribution in [2.45, 2.75) is 32.9 Å². The molecule has 1 atom stereocenters. The molecule has 2 aromatic carbocycles. The zero-order valence-electron chi connectivity index (χ0n) is 11.5. The second-order valence-corrected chi connectivity index (χ2v) is 4.90. The maximum atomic E-state index is 11.9. The molecule has 2 aromatic rings. The molecule has 0 fully saturated rings. The highest BCUT2D eigenvalue weighted by Gasteiger charge is 2.16. The Morgan fingerprint density at radius 1 is 1.05 bits per heavy atom. The Morgan fingerprint density at radius 3 is 2.47 bits per heavy atom. The first-order valence-corrected chi connectivity index (χ1v) is 6.52. The fourth-order valence-corrected chi connectivity index (χ4v) is 1.94. The molecule has 0 aliphatic heterocycles. The van der Waals surface area contributed by atoms with Crippen LogP contribution in [-0.4, -0.2) is 18.1 Å². The van der Waals surface area contributed by atoms with Crippen molar-refractivity contribution in [2.75, 3.05) is 0 Å². The maximum absolute atomic E-state index is 11.9. The fraction of sp³-hybridized carbons (Fsp3) is 0.312. The normalized spacial score (nSPS) is 12.4. The van der Waals surface area contributed by atoms with E-state index in [0.29, 0.717) is 0 Å². The molecule has 2 rings (SSSR count). The number of rotatable bonds is 4. The smallest absolute Gasteiger partial charge is 0.260 e. The highest BCUT2D eigenvalue weighted by atomic mass is 16.5. The SMILES string of the molecule is CC(C)NC(=O)C(C)Oc1cccc2ccccc12. The van der Waals surface area contributed by atoms with Gasteiger partial charge in [0.05, 0.1) is 0 Å². The number of hydrogen-bond donors (Lipinski definition) is 1. The van der Waals surface area contributed by atoms with Crippen LogP contribution < -0.4 is 10.1 Å². The van der Waals surface area contributed by atoms with E-state index in [0.717, 1.165) is 16.5 Å². The largest absolute Gasteiger partial charge is 0.480 e. The van der Waals surface area contributed by atoms with Crippen LogP contribution in [0.3, 0.4) is 0 Å². The van der Waals surface area contributed by atoms with Crippen LogP contribution in [0.5, 0.6) is 5.75 Å². The number of carbonyl (C=O) groups excluding carboxylic acids is 1. The molecule has 1 N–H and O–H groups in total. The summed E-state index contributed by atoms with van der Waals surface area (Å²) in [5.74, 6) is 0.646. The van der Waals surface area contributed by atoms with E-state index in [2.05, 4.69) is 5.32 Å². The Labute approximate surface area is 113 Å². The van der Waals surface area contributed by atoms with Gasteiger partial charge in [0.25, 0.3) is 5.91 Å². The second-order valence-electron chi connectivity index (χ2n) is 4.90. The molecule has 0 aliphatic rings. The number of nitrogens with one attached hydrogen (secondary N) is 1. The number of ether oxygens (including phenoxy) is 1. The molecule has 1 amide bonds. The predicted octanol–water partition coefficient (Wildman–Crippen LogP) is 3.13. The highest BCUT2D eigenvalue weighted by Crippen LogP contribution is 2.25. The van der Waals surface area contributed by atoms with Crippen LogP contribution in [0.1, 0.15) is 20.8 Å². The summed E-state index contributed by atoms with van der Waals surface area (Å²) in [6, 6.07) is 14.0. The van der Waals surface area contributed by atoms with Crippen molar-refractivity contribution in [1.29, 1.82) is 0 Å². The fourth-order valence-electron chi connectivity index (χ4n) is 1.94. The third-order valence-electron chi connectivity index (χ3n) is 2.85. The van der Waals surface area contributed by atoms with E-state index < -0.39 is 6.10 Å². The van der Waals surface area contributed by atoms with Gasteiger partial charge in [0.15, 0.2) is 6.10 Å². The molecule has 0 spiro atoms. The Hall–Kier alpha value is -2.03. The lowest BCUT2D eigenvalue weighted by Gasteiger charge is -2.17. The quantitative estimate of drug-likeness (QED) is 0.913. The lowest BCUT2D eigenvalue weighted by Crippen LogP contribution is -2.40. The summed E-state index contributed by atoms with van der Waals surface area (Å²) in [5.41, 5.74) is 0. The van der Waals surface area contributed by atoms with E-state index >= 15 is 0 Å². The number of carbonyl (C=O) groups is 1. The predicted molar refractivity (Wildman–Crippen MR) is 77.3 cm³/mol. The minimum absolute atomic E-state index is 0.0945. The topological polar surface area (TPSA) is 38.3 Å². The molecule has 0 aliphatic carbocycles. The van der Waals surface area contributed by atoms with Crippen molar-refractivity contribution in [1.82, 2.24) is 5.32 Å². The molecule has 0 bridgehead atoms. The van der Waals surface area contributed by atoms with Gasteiger partial charge in [-0.05, 0) is 32.2 Å². The minimum atomic E-state index is -0.506. The first-order chi connectivity index (χ1) is 9.08. The Balaban J connectivity index is 2.19. The van der Waals surface area contributed by atoms with E-state index in [4.69, 9.17) is 4.74 Å². The summed E-state index contributed by atoms with van der Waals surface area (Å²) >= 11 is 0. The molecule has 0 heterocycles. The molecular formula is C16H19NO2. The van der Waals surface area contributed by atoms with Crippen LogP contribution in [0.15, 0.2) is 42.5 Å². The van der Waals surface area contributed by atoms with Crippen molar-refractivity contribution in [3.05, 3.63) is 42.5 Å². The van der Waals surface area contributed by atoms with Crippen molar-refractivity contribution in [3.8, 4) is 5.75 Å². The summed E-state index contributed by atoms with van der Waals surface area (Å²) in [6.07, 6.45) is -0.506. The lowest BCUT2D eigenvalue weighted by atomic mass is 10.1. The van der Waals surface area contributed by atoms with Gasteiger partial charge in [-0.2, -0.15) is 0 Å². The molecule has 19 heavy (non-hydrogen) atoms. The third kappa shape index (κ3) is 3.25. The number of benzene rings is 2.